The number of ether oxygens (including phenoxy) is 1. The highest BCUT2D eigenvalue weighted by Crippen LogP contribution is 2.26. The number of aromatic nitrogens is 2. The lowest BCUT2D eigenvalue weighted by atomic mass is 10.3. The average molecular weight is 371 g/mol. The van der Waals surface area contributed by atoms with E-state index in [1.165, 1.54) is 0 Å². The molecule has 0 aliphatic carbocycles. The first-order chi connectivity index (χ1) is 11.5. The zero-order valence-corrected chi connectivity index (χ0v) is 14.5. The predicted molar refractivity (Wildman–Crippen MR) is 90.6 cm³/mol. The minimum Gasteiger partial charge on any atom is -0.450 e. The van der Waals surface area contributed by atoms with Gasteiger partial charge in [-0.2, -0.15) is 0 Å². The number of piperazine rings is 1. The summed E-state index contributed by atoms with van der Waals surface area (Å²) in [6.45, 7) is 3.82. The van der Waals surface area contributed by atoms with Crippen molar-refractivity contribution >= 4 is 46.2 Å². The number of nitrogens with one attached hydrogen (secondary N) is 1. The van der Waals surface area contributed by atoms with Crippen molar-refractivity contribution in [2.24, 2.45) is 0 Å². The summed E-state index contributed by atoms with van der Waals surface area (Å²) >= 11 is 11.9. The predicted octanol–water partition coefficient (Wildman–Crippen LogP) is 2.78. The summed E-state index contributed by atoms with van der Waals surface area (Å²) < 4.78 is 4.96. The summed E-state index contributed by atoms with van der Waals surface area (Å²) in [6, 6.07) is 3.26. The number of aromatic amines is 1. The Hall–Kier alpha value is -1.99. The zero-order chi connectivity index (χ0) is 17.3. The molecule has 24 heavy (non-hydrogen) atoms. The van der Waals surface area contributed by atoms with E-state index in [4.69, 9.17) is 27.9 Å². The molecule has 1 aromatic heterocycles. The lowest BCUT2D eigenvalue weighted by Crippen LogP contribution is -2.50. The van der Waals surface area contributed by atoms with Crippen molar-refractivity contribution in [2.75, 3.05) is 32.8 Å². The molecule has 2 aromatic rings. The number of nitrogens with zero attached hydrogens (tertiary/aromatic N) is 3. The van der Waals surface area contributed by atoms with Gasteiger partial charge in [0.1, 0.15) is 0 Å². The first-order valence-corrected chi connectivity index (χ1v) is 8.31. The van der Waals surface area contributed by atoms with Gasteiger partial charge in [0.2, 0.25) is 0 Å². The first-order valence-electron chi connectivity index (χ1n) is 7.55. The van der Waals surface area contributed by atoms with Crippen molar-refractivity contribution < 1.29 is 14.3 Å². The van der Waals surface area contributed by atoms with E-state index in [9.17, 15) is 9.59 Å². The van der Waals surface area contributed by atoms with E-state index in [0.29, 0.717) is 53.9 Å². The van der Waals surface area contributed by atoms with Gasteiger partial charge >= 0.3 is 6.09 Å². The third-order valence-corrected chi connectivity index (χ3v) is 4.54. The maximum atomic E-state index is 12.6. The highest BCUT2D eigenvalue weighted by atomic mass is 35.5. The number of halogens is 2. The summed E-state index contributed by atoms with van der Waals surface area (Å²) in [4.78, 5) is 34.7. The third-order valence-electron chi connectivity index (χ3n) is 3.82. The lowest BCUT2D eigenvalue weighted by Gasteiger charge is -2.33. The van der Waals surface area contributed by atoms with Crippen LogP contribution < -0.4 is 0 Å². The molecule has 0 unspecified atom stereocenters. The molecule has 2 heterocycles. The van der Waals surface area contributed by atoms with Crippen LogP contribution in [0.15, 0.2) is 12.1 Å². The van der Waals surface area contributed by atoms with Gasteiger partial charge in [-0.05, 0) is 19.1 Å². The smallest absolute Gasteiger partial charge is 0.409 e. The van der Waals surface area contributed by atoms with Crippen molar-refractivity contribution in [2.45, 2.75) is 6.92 Å². The fraction of sp³-hybridized carbons (Fsp3) is 0.400. The fourth-order valence-electron chi connectivity index (χ4n) is 2.56. The Labute approximate surface area is 148 Å². The molecule has 1 saturated heterocycles. The normalized spacial score (nSPS) is 15.0. The Morgan fingerprint density at radius 3 is 2.46 bits per heavy atom. The van der Waals surface area contributed by atoms with Crippen LogP contribution in [0.4, 0.5) is 4.79 Å². The van der Waals surface area contributed by atoms with Crippen LogP contribution in [0.2, 0.25) is 10.0 Å². The van der Waals surface area contributed by atoms with Crippen LogP contribution >= 0.6 is 23.2 Å². The minimum absolute atomic E-state index is 0.220. The summed E-state index contributed by atoms with van der Waals surface area (Å²) in [5.41, 5.74) is 1.23. The van der Waals surface area contributed by atoms with E-state index in [1.807, 2.05) is 0 Å². The molecule has 3 rings (SSSR count). The number of hydrogen-bond acceptors (Lipinski definition) is 4. The first kappa shape index (κ1) is 16.9. The van der Waals surface area contributed by atoms with Crippen LogP contribution in [-0.2, 0) is 4.74 Å². The number of carbonyl (C=O) groups is 2. The Morgan fingerprint density at radius 2 is 1.79 bits per heavy atom. The number of imidazole rings is 1. The molecule has 9 heteroatoms. The topological polar surface area (TPSA) is 78.5 Å². The monoisotopic (exact) mass is 370 g/mol. The zero-order valence-electron chi connectivity index (χ0n) is 13.0. The molecule has 1 N–H and O–H groups in total. The number of benzene rings is 1. The molecule has 1 aliphatic heterocycles. The molecular weight excluding hydrogens is 355 g/mol. The van der Waals surface area contributed by atoms with E-state index >= 15 is 0 Å². The Kier molecular flexibility index (Phi) is 4.82. The molecule has 1 aromatic carbocycles. The second-order valence-electron chi connectivity index (χ2n) is 5.35. The fourth-order valence-corrected chi connectivity index (χ4v) is 2.88. The number of H-pyrrole nitrogens is 1. The molecule has 1 fully saturated rings. The van der Waals surface area contributed by atoms with Crippen molar-refractivity contribution in [3.8, 4) is 0 Å². The molecule has 2 amide bonds. The van der Waals surface area contributed by atoms with Crippen LogP contribution in [-0.4, -0.2) is 64.6 Å². The summed E-state index contributed by atoms with van der Waals surface area (Å²) in [7, 11) is 0. The third kappa shape index (κ3) is 3.27. The van der Waals surface area contributed by atoms with Crippen LogP contribution in [0, 0.1) is 0 Å². The van der Waals surface area contributed by atoms with Crippen LogP contribution in [0.5, 0.6) is 0 Å². The molecule has 0 atom stereocenters. The van der Waals surface area contributed by atoms with Gasteiger partial charge in [-0.15, -0.1) is 0 Å². The number of rotatable bonds is 2. The second kappa shape index (κ2) is 6.86. The Balaban J connectivity index is 1.70. The lowest BCUT2D eigenvalue weighted by molar-refractivity contribution is 0.0562. The second-order valence-corrected chi connectivity index (χ2v) is 6.16. The van der Waals surface area contributed by atoms with Crippen molar-refractivity contribution in [1.29, 1.82) is 0 Å². The highest BCUT2D eigenvalue weighted by molar-refractivity contribution is 6.42. The van der Waals surface area contributed by atoms with E-state index in [0.717, 1.165) is 0 Å². The molecule has 1 aliphatic rings. The standard InChI is InChI=1S/C15H16Cl2N4O3/c1-2-24-15(23)21-5-3-20(4-6-21)14(22)13-18-11-7-9(16)10(17)8-12(11)19-13/h7-8H,2-6H2,1H3,(H,18,19). The quantitative estimate of drug-likeness (QED) is 0.881. The van der Waals surface area contributed by atoms with E-state index < -0.39 is 0 Å². The van der Waals surface area contributed by atoms with Crippen molar-refractivity contribution in [3.63, 3.8) is 0 Å². The molecule has 0 spiro atoms. The summed E-state index contributed by atoms with van der Waals surface area (Å²) in [5, 5.41) is 0.785. The SMILES string of the molecule is CCOC(=O)N1CCN(C(=O)c2nc3cc(Cl)c(Cl)cc3[nH]2)CC1. The van der Waals surface area contributed by atoms with Gasteiger partial charge in [0.05, 0.1) is 27.7 Å². The highest BCUT2D eigenvalue weighted by Gasteiger charge is 2.27. The molecule has 128 valence electrons. The van der Waals surface area contributed by atoms with Gasteiger partial charge in [-0.1, -0.05) is 23.2 Å². The summed E-state index contributed by atoms with van der Waals surface area (Å²) in [5.74, 6) is 0.00914. The van der Waals surface area contributed by atoms with Crippen LogP contribution in [0.25, 0.3) is 11.0 Å². The maximum absolute atomic E-state index is 12.6. The van der Waals surface area contributed by atoms with Gasteiger partial charge in [0, 0.05) is 26.2 Å². The van der Waals surface area contributed by atoms with Crippen molar-refractivity contribution in [1.82, 2.24) is 19.8 Å². The van der Waals surface area contributed by atoms with Crippen molar-refractivity contribution in [3.05, 3.63) is 28.0 Å². The van der Waals surface area contributed by atoms with Gasteiger partial charge in [-0.3, -0.25) is 4.79 Å². The number of fused-ring (bicyclic) bond motifs is 1. The molecule has 0 bridgehead atoms. The van der Waals surface area contributed by atoms with Crippen LogP contribution in [0.1, 0.15) is 17.5 Å². The molecule has 0 radical (unpaired) electrons. The Bertz CT molecular complexity index is 745. The number of amides is 2. The molecular formula is C15H16Cl2N4O3. The maximum Gasteiger partial charge on any atom is 0.409 e. The van der Waals surface area contributed by atoms with Gasteiger partial charge in [0.15, 0.2) is 5.82 Å². The van der Waals surface area contributed by atoms with E-state index in [2.05, 4.69) is 9.97 Å². The average Bonchev–Trinajstić information content (AvgIpc) is 2.97. The summed E-state index contributed by atoms with van der Waals surface area (Å²) in [6.07, 6.45) is -0.349. The van der Waals surface area contributed by atoms with E-state index in [-0.39, 0.29) is 17.8 Å². The number of hydrogen-bond donors (Lipinski definition) is 1. The Morgan fingerprint density at radius 1 is 1.17 bits per heavy atom. The van der Waals surface area contributed by atoms with Crippen LogP contribution in [0.3, 0.4) is 0 Å². The number of carbonyl (C=O) groups excluding carboxylic acids is 2. The minimum atomic E-state index is -0.349. The van der Waals surface area contributed by atoms with Gasteiger partial charge in [-0.25, -0.2) is 9.78 Å². The molecule has 0 saturated carbocycles. The van der Waals surface area contributed by atoms with E-state index in [1.54, 1.807) is 28.9 Å². The van der Waals surface area contributed by atoms with Gasteiger partial charge in [0.25, 0.3) is 5.91 Å². The molecule has 7 nitrogen and oxygen atoms in total. The largest absolute Gasteiger partial charge is 0.450 e. The van der Waals surface area contributed by atoms with Gasteiger partial charge < -0.3 is 19.5 Å².